The molecule has 0 radical (unpaired) electrons. The third-order valence-corrected chi connectivity index (χ3v) is 5.37. The largest absolute Gasteiger partial charge is 0.508 e. The minimum absolute atomic E-state index is 0.251. The van der Waals surface area contributed by atoms with Gasteiger partial charge in [-0.05, 0) is 30.4 Å². The van der Waals surface area contributed by atoms with Crippen molar-refractivity contribution in [1.29, 1.82) is 0 Å². The van der Waals surface area contributed by atoms with Crippen LogP contribution in [0.3, 0.4) is 0 Å². The summed E-state index contributed by atoms with van der Waals surface area (Å²) in [4.78, 5) is 0. The lowest BCUT2D eigenvalue weighted by molar-refractivity contribution is 0.435. The van der Waals surface area contributed by atoms with E-state index in [9.17, 15) is 10.2 Å². The van der Waals surface area contributed by atoms with Crippen molar-refractivity contribution >= 4 is 0 Å². The smallest absolute Gasteiger partial charge is 0.119 e. The molecule has 0 heterocycles. The maximum absolute atomic E-state index is 9.92. The van der Waals surface area contributed by atoms with Gasteiger partial charge in [-0.2, -0.15) is 0 Å². The summed E-state index contributed by atoms with van der Waals surface area (Å²) in [6.45, 7) is 3.97. The van der Waals surface area contributed by atoms with E-state index in [1.807, 2.05) is 38.1 Å². The van der Waals surface area contributed by atoms with Crippen molar-refractivity contribution in [3.05, 3.63) is 59.7 Å². The van der Waals surface area contributed by atoms with Gasteiger partial charge in [0.25, 0.3) is 0 Å². The molecule has 2 saturated carbocycles. The molecule has 2 aliphatic rings. The number of aromatic hydroxyl groups is 2. The Kier molecular flexibility index (Phi) is 4.34. The molecule has 2 aromatic carbocycles. The van der Waals surface area contributed by atoms with Gasteiger partial charge in [0.1, 0.15) is 11.5 Å². The second-order valence-corrected chi connectivity index (χ2v) is 7.35. The van der Waals surface area contributed by atoms with Crippen LogP contribution in [-0.2, 0) is 5.41 Å². The summed E-state index contributed by atoms with van der Waals surface area (Å²) in [5.41, 5.74) is 1.18. The van der Waals surface area contributed by atoms with Crippen molar-refractivity contribution in [2.24, 2.45) is 11.8 Å². The van der Waals surface area contributed by atoms with Gasteiger partial charge in [0.2, 0.25) is 0 Å². The summed E-state index contributed by atoms with van der Waals surface area (Å²) in [6, 6.07) is 14.4. The third-order valence-electron chi connectivity index (χ3n) is 5.37. The Labute approximate surface area is 138 Å². The number of benzene rings is 2. The highest BCUT2D eigenvalue weighted by Gasteiger charge is 2.40. The summed E-state index contributed by atoms with van der Waals surface area (Å²) >= 11 is 0. The highest BCUT2D eigenvalue weighted by Crippen LogP contribution is 2.51. The first-order chi connectivity index (χ1) is 11.0. The average molecular weight is 310 g/mol. The van der Waals surface area contributed by atoms with Gasteiger partial charge in [-0.25, -0.2) is 0 Å². The molecule has 0 aromatic heterocycles. The van der Waals surface area contributed by atoms with Crippen LogP contribution in [0.1, 0.15) is 50.7 Å². The Hall–Kier alpha value is -1.96. The lowest BCUT2D eigenvalue weighted by atomic mass is 9.77. The lowest BCUT2D eigenvalue weighted by Gasteiger charge is -2.27. The summed E-state index contributed by atoms with van der Waals surface area (Å²) in [7, 11) is 0. The molecule has 2 heteroatoms. The monoisotopic (exact) mass is 310 g/mol. The Morgan fingerprint density at radius 1 is 0.783 bits per heavy atom. The van der Waals surface area contributed by atoms with E-state index in [1.54, 1.807) is 43.5 Å². The van der Waals surface area contributed by atoms with Crippen LogP contribution < -0.4 is 0 Å². The van der Waals surface area contributed by atoms with Crippen LogP contribution in [0.5, 0.6) is 11.5 Å². The summed E-state index contributed by atoms with van der Waals surface area (Å²) in [6.07, 6.45) is 6.24. The molecule has 2 fully saturated rings. The van der Waals surface area contributed by atoms with Crippen LogP contribution in [0.2, 0.25) is 0 Å². The summed E-state index contributed by atoms with van der Waals surface area (Å²) in [5.74, 6) is 2.93. The van der Waals surface area contributed by atoms with E-state index in [-0.39, 0.29) is 11.5 Å². The van der Waals surface area contributed by atoms with E-state index in [0.717, 1.165) is 11.1 Å². The van der Waals surface area contributed by atoms with Gasteiger partial charge in [0.15, 0.2) is 0 Å². The number of para-hydroxylation sites is 2. The SMILES string of the molecule is C1CC2CC2C1.CC(C)(c1ccccc1O)c1ccccc1O. The van der Waals surface area contributed by atoms with Crippen molar-refractivity contribution in [2.75, 3.05) is 0 Å². The molecule has 2 nitrogen and oxygen atoms in total. The summed E-state index contributed by atoms with van der Waals surface area (Å²) in [5, 5.41) is 19.8. The molecule has 0 bridgehead atoms. The molecular formula is C21H26O2. The number of hydrogen-bond acceptors (Lipinski definition) is 2. The van der Waals surface area contributed by atoms with E-state index < -0.39 is 5.41 Å². The molecule has 0 amide bonds. The van der Waals surface area contributed by atoms with Gasteiger partial charge in [0.05, 0.1) is 0 Å². The fourth-order valence-corrected chi connectivity index (χ4v) is 3.81. The first kappa shape index (κ1) is 15.9. The predicted octanol–water partition coefficient (Wildman–Crippen LogP) is 5.23. The highest BCUT2D eigenvalue weighted by atomic mass is 16.3. The zero-order valence-electron chi connectivity index (χ0n) is 14.0. The van der Waals surface area contributed by atoms with Crippen LogP contribution in [0.25, 0.3) is 0 Å². The quantitative estimate of drug-likeness (QED) is 0.797. The summed E-state index contributed by atoms with van der Waals surface area (Å²) < 4.78 is 0. The van der Waals surface area contributed by atoms with E-state index in [2.05, 4.69) is 0 Å². The Morgan fingerprint density at radius 3 is 1.52 bits per heavy atom. The minimum atomic E-state index is -0.434. The zero-order valence-corrected chi connectivity index (χ0v) is 14.0. The molecule has 0 spiro atoms. The fourth-order valence-electron chi connectivity index (χ4n) is 3.81. The Morgan fingerprint density at radius 2 is 1.22 bits per heavy atom. The van der Waals surface area contributed by atoms with Crippen LogP contribution in [0.15, 0.2) is 48.5 Å². The normalized spacial score (nSPS) is 22.0. The first-order valence-electron chi connectivity index (χ1n) is 8.57. The fraction of sp³-hybridized carbons (Fsp3) is 0.429. The van der Waals surface area contributed by atoms with Gasteiger partial charge in [-0.3, -0.25) is 0 Å². The molecule has 2 unspecified atom stereocenters. The third kappa shape index (κ3) is 3.36. The van der Waals surface area contributed by atoms with Crippen LogP contribution in [-0.4, -0.2) is 10.2 Å². The molecule has 0 saturated heterocycles. The standard InChI is InChI=1S/C15H16O2.C6H10/c1-15(2,11-7-3-5-9-13(11)16)12-8-4-6-10-14(12)17;1-2-5-4-6(5)3-1/h3-10,16-17H,1-2H3;5-6H,1-4H2. The van der Waals surface area contributed by atoms with Crippen molar-refractivity contribution in [3.8, 4) is 11.5 Å². The average Bonchev–Trinajstić information content (AvgIpc) is 3.14. The Balaban J connectivity index is 0.000000213. The zero-order chi connectivity index (χ0) is 16.4. The maximum atomic E-state index is 9.92. The number of fused-ring (bicyclic) bond motifs is 1. The van der Waals surface area contributed by atoms with Crippen molar-refractivity contribution in [2.45, 2.75) is 44.9 Å². The van der Waals surface area contributed by atoms with Crippen LogP contribution in [0, 0.1) is 11.8 Å². The van der Waals surface area contributed by atoms with Gasteiger partial charge < -0.3 is 10.2 Å². The van der Waals surface area contributed by atoms with Gasteiger partial charge in [-0.1, -0.05) is 69.5 Å². The molecule has 2 aromatic rings. The van der Waals surface area contributed by atoms with Crippen LogP contribution >= 0.6 is 0 Å². The molecule has 122 valence electrons. The molecule has 0 aliphatic heterocycles. The number of hydrogen-bond donors (Lipinski definition) is 2. The molecular weight excluding hydrogens is 284 g/mol. The van der Waals surface area contributed by atoms with E-state index in [1.165, 1.54) is 18.3 Å². The second kappa shape index (κ2) is 6.27. The molecule has 23 heavy (non-hydrogen) atoms. The first-order valence-corrected chi connectivity index (χ1v) is 8.57. The van der Waals surface area contributed by atoms with Gasteiger partial charge >= 0.3 is 0 Å². The van der Waals surface area contributed by atoms with Crippen LogP contribution in [0.4, 0.5) is 0 Å². The number of rotatable bonds is 2. The van der Waals surface area contributed by atoms with E-state index in [4.69, 9.17) is 0 Å². The predicted molar refractivity (Wildman–Crippen MR) is 93.8 cm³/mol. The highest BCUT2D eigenvalue weighted by molar-refractivity contribution is 5.49. The van der Waals surface area contributed by atoms with E-state index >= 15 is 0 Å². The minimum Gasteiger partial charge on any atom is -0.508 e. The number of phenols is 2. The van der Waals surface area contributed by atoms with E-state index in [0.29, 0.717) is 0 Å². The van der Waals surface area contributed by atoms with Gasteiger partial charge in [0, 0.05) is 16.5 Å². The van der Waals surface area contributed by atoms with Crippen molar-refractivity contribution < 1.29 is 10.2 Å². The Bertz CT molecular complexity index is 620. The van der Waals surface area contributed by atoms with Crippen molar-refractivity contribution in [3.63, 3.8) is 0 Å². The molecule has 2 N–H and O–H groups in total. The topological polar surface area (TPSA) is 40.5 Å². The number of phenolic OH excluding ortho intramolecular Hbond substituents is 2. The maximum Gasteiger partial charge on any atom is 0.119 e. The second-order valence-electron chi connectivity index (χ2n) is 7.35. The molecule has 2 aliphatic carbocycles. The lowest BCUT2D eigenvalue weighted by Crippen LogP contribution is -2.19. The molecule has 4 rings (SSSR count). The molecule has 2 atom stereocenters. The van der Waals surface area contributed by atoms with Gasteiger partial charge in [-0.15, -0.1) is 0 Å². The van der Waals surface area contributed by atoms with Crippen molar-refractivity contribution in [1.82, 2.24) is 0 Å².